The number of nitrogens with one attached hydrogen (secondary N) is 2. The van der Waals surface area contributed by atoms with Crippen molar-refractivity contribution in [1.82, 2.24) is 29.6 Å². The molecule has 0 amide bonds. The van der Waals surface area contributed by atoms with Gasteiger partial charge in [0.15, 0.2) is 0 Å². The fourth-order valence-electron chi connectivity index (χ4n) is 4.20. The first-order valence-electron chi connectivity index (χ1n) is 10.3. The number of hydrogen-bond acceptors (Lipinski definition) is 7. The van der Waals surface area contributed by atoms with Gasteiger partial charge in [-0.15, -0.1) is 0 Å². The summed E-state index contributed by atoms with van der Waals surface area (Å²) < 4.78 is 13.2. The average Bonchev–Trinajstić information content (AvgIpc) is 3.28. The molecule has 0 saturated carbocycles. The monoisotopic (exact) mass is 397 g/mol. The van der Waals surface area contributed by atoms with E-state index in [1.54, 1.807) is 0 Å². The number of hydrogen-bond donors (Lipinski definition) is 2. The Morgan fingerprint density at radius 1 is 1.31 bits per heavy atom. The molecule has 0 radical (unpaired) electrons. The molecule has 154 valence electrons. The molecule has 0 aromatic carbocycles. The molecule has 0 unspecified atom stereocenters. The number of rotatable bonds is 6. The minimum absolute atomic E-state index is 0.380. The van der Waals surface area contributed by atoms with Crippen LogP contribution in [0.15, 0.2) is 18.5 Å². The van der Waals surface area contributed by atoms with Crippen LogP contribution in [0, 0.1) is 6.92 Å². The van der Waals surface area contributed by atoms with Crippen molar-refractivity contribution < 1.29 is 9.47 Å². The van der Waals surface area contributed by atoms with Crippen LogP contribution in [0.1, 0.15) is 31.5 Å². The first-order valence-corrected chi connectivity index (χ1v) is 10.3. The highest BCUT2D eigenvalue weighted by molar-refractivity contribution is 5.82. The van der Waals surface area contributed by atoms with E-state index in [0.29, 0.717) is 30.5 Å². The number of ether oxygens (including phenoxy) is 2. The number of H-pyrrole nitrogens is 1. The van der Waals surface area contributed by atoms with Gasteiger partial charge in [0.25, 0.3) is 0 Å². The molecule has 2 saturated heterocycles. The SMILES string of the molecule is CCOc1nc(Nc2cnn([C@@H]3CCCN(C4COC4)C3)c2C)nc2[nH]ccc12. The van der Waals surface area contributed by atoms with Crippen molar-refractivity contribution in [3.63, 3.8) is 0 Å². The highest BCUT2D eigenvalue weighted by Crippen LogP contribution is 2.30. The smallest absolute Gasteiger partial charge is 0.232 e. The third-order valence-electron chi connectivity index (χ3n) is 5.86. The number of piperidine rings is 1. The summed E-state index contributed by atoms with van der Waals surface area (Å²) >= 11 is 0. The van der Waals surface area contributed by atoms with Crippen LogP contribution < -0.4 is 10.1 Å². The van der Waals surface area contributed by atoms with Gasteiger partial charge in [0.1, 0.15) is 5.65 Å². The van der Waals surface area contributed by atoms with Crippen LogP contribution >= 0.6 is 0 Å². The molecule has 2 aliphatic heterocycles. The molecule has 9 nitrogen and oxygen atoms in total. The summed E-state index contributed by atoms with van der Waals surface area (Å²) in [4.78, 5) is 14.8. The molecule has 2 fully saturated rings. The molecular weight excluding hydrogens is 370 g/mol. The van der Waals surface area contributed by atoms with Crippen LogP contribution in [0.25, 0.3) is 11.0 Å². The zero-order valence-electron chi connectivity index (χ0n) is 16.9. The largest absolute Gasteiger partial charge is 0.477 e. The molecule has 0 spiro atoms. The standard InChI is InChI=1S/C20H27N7O2/c1-3-29-19-16-6-7-21-18(16)24-20(25-19)23-17-9-22-27(13(17)2)14-5-4-8-26(10-14)15-11-28-12-15/h6-7,9,14-15H,3-5,8,10-12H2,1-2H3,(H2,21,23,24,25)/t14-/m1/s1. The number of anilines is 2. The lowest BCUT2D eigenvalue weighted by molar-refractivity contribution is -0.0758. The van der Waals surface area contributed by atoms with Gasteiger partial charge in [-0.3, -0.25) is 9.58 Å². The predicted molar refractivity (Wildman–Crippen MR) is 110 cm³/mol. The molecule has 9 heteroatoms. The maximum atomic E-state index is 5.69. The average molecular weight is 397 g/mol. The first kappa shape index (κ1) is 18.4. The van der Waals surface area contributed by atoms with E-state index in [1.165, 1.54) is 6.42 Å². The maximum Gasteiger partial charge on any atom is 0.232 e. The van der Waals surface area contributed by atoms with E-state index >= 15 is 0 Å². The van der Waals surface area contributed by atoms with Crippen molar-refractivity contribution in [3.05, 3.63) is 24.2 Å². The van der Waals surface area contributed by atoms with Crippen molar-refractivity contribution in [2.45, 2.75) is 38.8 Å². The summed E-state index contributed by atoms with van der Waals surface area (Å²) in [5.41, 5.74) is 2.76. The van der Waals surface area contributed by atoms with Gasteiger partial charge in [-0.05, 0) is 39.3 Å². The topological polar surface area (TPSA) is 93.1 Å². The third-order valence-corrected chi connectivity index (χ3v) is 5.86. The lowest BCUT2D eigenvalue weighted by Crippen LogP contribution is -2.52. The highest BCUT2D eigenvalue weighted by atomic mass is 16.5. The summed E-state index contributed by atoms with van der Waals surface area (Å²) in [6.45, 7) is 8.49. The van der Waals surface area contributed by atoms with Gasteiger partial charge in [0.2, 0.25) is 11.8 Å². The van der Waals surface area contributed by atoms with E-state index in [2.05, 4.69) is 41.9 Å². The summed E-state index contributed by atoms with van der Waals surface area (Å²) in [5.74, 6) is 1.08. The van der Waals surface area contributed by atoms with Crippen LogP contribution in [0.4, 0.5) is 11.6 Å². The quantitative estimate of drug-likeness (QED) is 0.660. The van der Waals surface area contributed by atoms with Crippen LogP contribution in [-0.2, 0) is 4.74 Å². The van der Waals surface area contributed by atoms with E-state index in [-0.39, 0.29) is 0 Å². The zero-order chi connectivity index (χ0) is 19.8. The van der Waals surface area contributed by atoms with Crippen molar-refractivity contribution in [2.24, 2.45) is 0 Å². The molecule has 0 aliphatic carbocycles. The Kier molecular flexibility index (Phi) is 4.84. The lowest BCUT2D eigenvalue weighted by atomic mass is 10.0. The van der Waals surface area contributed by atoms with Crippen molar-refractivity contribution in [3.8, 4) is 5.88 Å². The molecular formula is C20H27N7O2. The highest BCUT2D eigenvalue weighted by Gasteiger charge is 2.31. The minimum Gasteiger partial charge on any atom is -0.477 e. The minimum atomic E-state index is 0.380. The molecule has 5 rings (SSSR count). The van der Waals surface area contributed by atoms with Crippen LogP contribution in [0.2, 0.25) is 0 Å². The van der Waals surface area contributed by atoms with Gasteiger partial charge in [-0.1, -0.05) is 0 Å². The van der Waals surface area contributed by atoms with E-state index in [0.717, 1.165) is 55.1 Å². The van der Waals surface area contributed by atoms with Crippen molar-refractivity contribution in [2.75, 3.05) is 38.2 Å². The predicted octanol–water partition coefficient (Wildman–Crippen LogP) is 2.64. The number of aromatic nitrogens is 5. The van der Waals surface area contributed by atoms with E-state index in [4.69, 9.17) is 9.47 Å². The molecule has 0 bridgehead atoms. The second kappa shape index (κ2) is 7.64. The number of fused-ring (bicyclic) bond motifs is 1. The Labute approximate surface area is 169 Å². The van der Waals surface area contributed by atoms with E-state index in [9.17, 15) is 0 Å². The Balaban J connectivity index is 1.36. The zero-order valence-corrected chi connectivity index (χ0v) is 16.9. The Morgan fingerprint density at radius 3 is 3.00 bits per heavy atom. The van der Waals surface area contributed by atoms with Gasteiger partial charge in [-0.25, -0.2) is 0 Å². The Bertz CT molecular complexity index is 994. The second-order valence-electron chi connectivity index (χ2n) is 7.72. The number of nitrogens with zero attached hydrogens (tertiary/aromatic N) is 5. The molecule has 29 heavy (non-hydrogen) atoms. The summed E-state index contributed by atoms with van der Waals surface area (Å²) in [6, 6.07) is 2.88. The number of likely N-dealkylation sites (tertiary alicyclic amines) is 1. The third kappa shape index (κ3) is 3.44. The van der Waals surface area contributed by atoms with E-state index < -0.39 is 0 Å². The van der Waals surface area contributed by atoms with Crippen molar-refractivity contribution >= 4 is 22.7 Å². The molecule has 3 aromatic rings. The maximum absolute atomic E-state index is 5.69. The van der Waals surface area contributed by atoms with Gasteiger partial charge in [0, 0.05) is 12.7 Å². The Hall–Kier alpha value is -2.65. The number of aromatic amines is 1. The molecule has 5 heterocycles. The normalized spacial score (nSPS) is 20.7. The van der Waals surface area contributed by atoms with Gasteiger partial charge in [0.05, 0.1) is 54.9 Å². The van der Waals surface area contributed by atoms with Crippen LogP contribution in [0.3, 0.4) is 0 Å². The van der Waals surface area contributed by atoms with Gasteiger partial charge < -0.3 is 19.8 Å². The van der Waals surface area contributed by atoms with Crippen molar-refractivity contribution in [1.29, 1.82) is 0 Å². The Morgan fingerprint density at radius 2 is 2.21 bits per heavy atom. The van der Waals surface area contributed by atoms with Crippen LogP contribution in [0.5, 0.6) is 5.88 Å². The van der Waals surface area contributed by atoms with Gasteiger partial charge >= 0.3 is 0 Å². The fraction of sp³-hybridized carbons (Fsp3) is 0.550. The fourth-order valence-corrected chi connectivity index (χ4v) is 4.20. The summed E-state index contributed by atoms with van der Waals surface area (Å²) in [5, 5.41) is 8.90. The van der Waals surface area contributed by atoms with Gasteiger partial charge in [-0.2, -0.15) is 15.1 Å². The molecule has 2 aliphatic rings. The second-order valence-corrected chi connectivity index (χ2v) is 7.72. The summed E-state index contributed by atoms with van der Waals surface area (Å²) in [6.07, 6.45) is 6.04. The van der Waals surface area contributed by atoms with Crippen LogP contribution in [-0.4, -0.2) is 68.6 Å². The lowest BCUT2D eigenvalue weighted by Gasteiger charge is -2.42. The first-order chi connectivity index (χ1) is 14.2. The summed E-state index contributed by atoms with van der Waals surface area (Å²) in [7, 11) is 0. The van der Waals surface area contributed by atoms with E-state index in [1.807, 2.05) is 25.4 Å². The molecule has 2 N–H and O–H groups in total. The molecule has 3 aromatic heterocycles. The molecule has 1 atom stereocenters.